The summed E-state index contributed by atoms with van der Waals surface area (Å²) in [6, 6.07) is 1.99. The fourth-order valence-electron chi connectivity index (χ4n) is 1.95. The molecule has 3 N–H and O–H groups in total. The molecular formula is C12H16F2N2O. The molecule has 0 radical (unpaired) electrons. The maximum Gasteiger partial charge on any atom is 0.151 e. The molecule has 0 spiro atoms. The third kappa shape index (κ3) is 3.06. The fourth-order valence-corrected chi connectivity index (χ4v) is 1.95. The minimum absolute atomic E-state index is 0.0388. The highest BCUT2D eigenvalue weighted by atomic mass is 19.1. The van der Waals surface area contributed by atoms with E-state index in [0.717, 1.165) is 25.5 Å². The first-order valence-corrected chi connectivity index (χ1v) is 5.73. The lowest BCUT2D eigenvalue weighted by Gasteiger charge is -2.23. The van der Waals surface area contributed by atoms with E-state index >= 15 is 0 Å². The van der Waals surface area contributed by atoms with E-state index < -0.39 is 11.6 Å². The minimum atomic E-state index is -0.729. The van der Waals surface area contributed by atoms with Gasteiger partial charge >= 0.3 is 0 Å². The zero-order valence-electron chi connectivity index (χ0n) is 9.51. The van der Waals surface area contributed by atoms with E-state index in [-0.39, 0.29) is 5.69 Å². The number of hydrogen-bond donors (Lipinski definition) is 2. The van der Waals surface area contributed by atoms with Gasteiger partial charge in [0.25, 0.3) is 0 Å². The predicted octanol–water partition coefficient (Wildman–Crippen LogP) is 2.39. The molecule has 1 heterocycles. The van der Waals surface area contributed by atoms with Crippen molar-refractivity contribution in [2.75, 3.05) is 30.8 Å². The Balaban J connectivity index is 1.98. The molecule has 0 aromatic heterocycles. The SMILES string of the molecule is Nc1c(F)cc(F)cc1NCC1CCCOC1. The van der Waals surface area contributed by atoms with Gasteiger partial charge in [0.05, 0.1) is 18.0 Å². The summed E-state index contributed by atoms with van der Waals surface area (Å²) in [5.74, 6) is -0.985. The van der Waals surface area contributed by atoms with Crippen molar-refractivity contribution < 1.29 is 13.5 Å². The molecule has 1 aromatic rings. The lowest BCUT2D eigenvalue weighted by Crippen LogP contribution is -2.24. The van der Waals surface area contributed by atoms with Crippen LogP contribution in [0.15, 0.2) is 12.1 Å². The Morgan fingerprint density at radius 3 is 2.94 bits per heavy atom. The van der Waals surface area contributed by atoms with Gasteiger partial charge in [-0.3, -0.25) is 0 Å². The number of nitrogens with two attached hydrogens (primary N) is 1. The molecule has 1 fully saturated rings. The van der Waals surface area contributed by atoms with Gasteiger partial charge in [-0.15, -0.1) is 0 Å². The summed E-state index contributed by atoms with van der Waals surface area (Å²) in [7, 11) is 0. The Morgan fingerprint density at radius 1 is 1.41 bits per heavy atom. The lowest BCUT2D eigenvalue weighted by molar-refractivity contribution is 0.0595. The highest BCUT2D eigenvalue weighted by molar-refractivity contribution is 5.66. The maximum absolute atomic E-state index is 13.2. The molecule has 94 valence electrons. The van der Waals surface area contributed by atoms with E-state index in [4.69, 9.17) is 10.5 Å². The molecule has 1 aliphatic heterocycles. The smallest absolute Gasteiger partial charge is 0.151 e. The quantitative estimate of drug-likeness (QED) is 0.800. The van der Waals surface area contributed by atoms with Crippen molar-refractivity contribution in [1.82, 2.24) is 0 Å². The highest BCUT2D eigenvalue weighted by Gasteiger charge is 2.15. The van der Waals surface area contributed by atoms with Gasteiger partial charge in [-0.1, -0.05) is 0 Å². The summed E-state index contributed by atoms with van der Waals surface area (Å²) < 4.78 is 31.5. The first-order chi connectivity index (χ1) is 8.16. The van der Waals surface area contributed by atoms with Crippen LogP contribution in [0.1, 0.15) is 12.8 Å². The topological polar surface area (TPSA) is 47.3 Å². The normalized spacial score (nSPS) is 20.2. The van der Waals surface area contributed by atoms with Crippen LogP contribution in [0.25, 0.3) is 0 Å². The second kappa shape index (κ2) is 5.31. The van der Waals surface area contributed by atoms with Crippen LogP contribution in [-0.4, -0.2) is 19.8 Å². The number of ether oxygens (including phenoxy) is 1. The monoisotopic (exact) mass is 242 g/mol. The first kappa shape index (κ1) is 12.1. The molecule has 0 bridgehead atoms. The van der Waals surface area contributed by atoms with Crippen molar-refractivity contribution in [3.63, 3.8) is 0 Å². The second-order valence-electron chi connectivity index (χ2n) is 4.31. The van der Waals surface area contributed by atoms with Crippen LogP contribution in [0.5, 0.6) is 0 Å². The Morgan fingerprint density at radius 2 is 2.24 bits per heavy atom. The summed E-state index contributed by atoms with van der Waals surface area (Å²) in [5, 5.41) is 2.98. The van der Waals surface area contributed by atoms with Crippen LogP contribution in [0.2, 0.25) is 0 Å². The van der Waals surface area contributed by atoms with Crippen molar-refractivity contribution in [3.05, 3.63) is 23.8 Å². The van der Waals surface area contributed by atoms with Gasteiger partial charge in [0.1, 0.15) is 5.82 Å². The summed E-state index contributed by atoms with van der Waals surface area (Å²) in [6.07, 6.45) is 2.09. The van der Waals surface area contributed by atoms with E-state index in [9.17, 15) is 8.78 Å². The minimum Gasteiger partial charge on any atom is -0.395 e. The van der Waals surface area contributed by atoms with Gasteiger partial charge < -0.3 is 15.8 Å². The number of rotatable bonds is 3. The molecule has 2 rings (SSSR count). The largest absolute Gasteiger partial charge is 0.395 e. The Hall–Kier alpha value is -1.36. The van der Waals surface area contributed by atoms with Crippen LogP contribution in [0, 0.1) is 17.6 Å². The van der Waals surface area contributed by atoms with Crippen molar-refractivity contribution in [3.8, 4) is 0 Å². The standard InChI is InChI=1S/C12H16F2N2O/c13-9-4-10(14)12(15)11(5-9)16-6-8-2-1-3-17-7-8/h4-5,8,16H,1-3,6-7,15H2. The lowest BCUT2D eigenvalue weighted by atomic mass is 10.0. The number of benzene rings is 1. The second-order valence-corrected chi connectivity index (χ2v) is 4.31. The van der Waals surface area contributed by atoms with E-state index in [1.165, 1.54) is 6.07 Å². The number of halogens is 2. The van der Waals surface area contributed by atoms with E-state index in [0.29, 0.717) is 24.8 Å². The molecule has 0 saturated carbocycles. The molecule has 1 atom stereocenters. The zero-order chi connectivity index (χ0) is 12.3. The Bertz CT molecular complexity index is 392. The predicted molar refractivity (Wildman–Crippen MR) is 62.8 cm³/mol. The van der Waals surface area contributed by atoms with Gasteiger partial charge in [0, 0.05) is 19.2 Å². The first-order valence-electron chi connectivity index (χ1n) is 5.73. The van der Waals surface area contributed by atoms with Gasteiger partial charge in [-0.25, -0.2) is 8.78 Å². The number of nitrogen functional groups attached to an aromatic ring is 1. The van der Waals surface area contributed by atoms with Crippen molar-refractivity contribution in [1.29, 1.82) is 0 Å². The number of anilines is 2. The van der Waals surface area contributed by atoms with Crippen LogP contribution >= 0.6 is 0 Å². The fraction of sp³-hybridized carbons (Fsp3) is 0.500. The maximum atomic E-state index is 13.2. The van der Waals surface area contributed by atoms with Gasteiger partial charge in [0.15, 0.2) is 5.82 Å². The molecule has 0 amide bonds. The zero-order valence-corrected chi connectivity index (χ0v) is 9.51. The van der Waals surface area contributed by atoms with Crippen molar-refractivity contribution in [2.45, 2.75) is 12.8 Å². The van der Waals surface area contributed by atoms with Crippen LogP contribution in [0.3, 0.4) is 0 Å². The van der Waals surface area contributed by atoms with Gasteiger partial charge in [-0.2, -0.15) is 0 Å². The average Bonchev–Trinajstić information content (AvgIpc) is 2.33. The summed E-state index contributed by atoms with van der Waals surface area (Å²) >= 11 is 0. The van der Waals surface area contributed by atoms with E-state index in [2.05, 4.69) is 5.32 Å². The van der Waals surface area contributed by atoms with Gasteiger partial charge in [-0.05, 0) is 24.8 Å². The molecule has 3 nitrogen and oxygen atoms in total. The van der Waals surface area contributed by atoms with Crippen molar-refractivity contribution in [2.24, 2.45) is 5.92 Å². The molecule has 1 aromatic carbocycles. The highest BCUT2D eigenvalue weighted by Crippen LogP contribution is 2.24. The third-order valence-corrected chi connectivity index (χ3v) is 2.93. The molecule has 0 aliphatic carbocycles. The van der Waals surface area contributed by atoms with E-state index in [1.807, 2.05) is 0 Å². The molecule has 1 saturated heterocycles. The van der Waals surface area contributed by atoms with Crippen LogP contribution in [0.4, 0.5) is 20.2 Å². The van der Waals surface area contributed by atoms with Crippen LogP contribution in [-0.2, 0) is 4.74 Å². The van der Waals surface area contributed by atoms with Gasteiger partial charge in [0.2, 0.25) is 0 Å². The average molecular weight is 242 g/mol. The molecule has 5 heteroatoms. The third-order valence-electron chi connectivity index (χ3n) is 2.93. The van der Waals surface area contributed by atoms with Crippen molar-refractivity contribution >= 4 is 11.4 Å². The summed E-state index contributed by atoms with van der Waals surface area (Å²) in [5.41, 5.74) is 5.81. The number of hydrogen-bond acceptors (Lipinski definition) is 3. The number of nitrogens with one attached hydrogen (secondary N) is 1. The Labute approximate surface area is 98.9 Å². The molecular weight excluding hydrogens is 226 g/mol. The van der Waals surface area contributed by atoms with E-state index in [1.54, 1.807) is 0 Å². The molecule has 1 aliphatic rings. The molecule has 17 heavy (non-hydrogen) atoms. The molecule has 1 unspecified atom stereocenters. The van der Waals surface area contributed by atoms with Crippen LogP contribution < -0.4 is 11.1 Å². The summed E-state index contributed by atoms with van der Waals surface area (Å²) in [6.45, 7) is 2.10. The Kier molecular flexibility index (Phi) is 3.78. The summed E-state index contributed by atoms with van der Waals surface area (Å²) in [4.78, 5) is 0.